The van der Waals surface area contributed by atoms with E-state index < -0.39 is 0 Å². The van der Waals surface area contributed by atoms with Crippen molar-refractivity contribution in [3.05, 3.63) is 58.9 Å². The molecular formula is C18H17N7O2S. The molecule has 0 radical (unpaired) electrons. The van der Waals surface area contributed by atoms with Crippen LogP contribution < -0.4 is 10.1 Å². The summed E-state index contributed by atoms with van der Waals surface area (Å²) in [6.45, 7) is 0. The quantitative estimate of drug-likeness (QED) is 0.511. The van der Waals surface area contributed by atoms with Gasteiger partial charge >= 0.3 is 0 Å². The van der Waals surface area contributed by atoms with E-state index in [0.29, 0.717) is 35.3 Å². The molecule has 3 aromatic heterocycles. The summed E-state index contributed by atoms with van der Waals surface area (Å²) in [5, 5.41) is 24.7. The number of nitrogens with one attached hydrogen (secondary N) is 1. The largest absolute Gasteiger partial charge is 0.480 e. The molecule has 4 aromatic rings. The number of carbonyl (C=O) groups is 1. The highest BCUT2D eigenvalue weighted by Crippen LogP contribution is 2.19. The summed E-state index contributed by atoms with van der Waals surface area (Å²) in [7, 11) is 1.54. The third kappa shape index (κ3) is 4.12. The van der Waals surface area contributed by atoms with Gasteiger partial charge in [0, 0.05) is 25.3 Å². The number of aryl methyl sites for hydroxylation is 1. The number of methoxy groups -OCH3 is 1. The fourth-order valence-electron chi connectivity index (χ4n) is 2.63. The molecule has 0 aliphatic heterocycles. The zero-order chi connectivity index (χ0) is 19.3. The van der Waals surface area contributed by atoms with Crippen LogP contribution in [0.15, 0.2) is 42.5 Å². The highest BCUT2D eigenvalue weighted by atomic mass is 32.1. The maximum Gasteiger partial charge on any atom is 0.231 e. The lowest BCUT2D eigenvalue weighted by molar-refractivity contribution is -0.116. The number of amides is 1. The minimum Gasteiger partial charge on any atom is -0.480 e. The van der Waals surface area contributed by atoms with Gasteiger partial charge in [0.25, 0.3) is 0 Å². The topological polar surface area (TPSA) is 107 Å². The maximum atomic E-state index is 12.3. The van der Waals surface area contributed by atoms with Crippen molar-refractivity contribution >= 4 is 28.0 Å². The van der Waals surface area contributed by atoms with Crippen molar-refractivity contribution < 1.29 is 9.53 Å². The number of fused-ring (bicyclic) bond motifs is 1. The van der Waals surface area contributed by atoms with Gasteiger partial charge in [0.15, 0.2) is 11.5 Å². The Hall–Kier alpha value is -3.40. The van der Waals surface area contributed by atoms with E-state index >= 15 is 0 Å². The Kier molecular flexibility index (Phi) is 5.20. The van der Waals surface area contributed by atoms with Gasteiger partial charge < -0.3 is 10.1 Å². The molecule has 0 spiro atoms. The highest BCUT2D eigenvalue weighted by Gasteiger charge is 2.12. The number of carbonyl (C=O) groups excluding carboxylic acids is 1. The van der Waals surface area contributed by atoms with Crippen LogP contribution in [-0.4, -0.2) is 43.0 Å². The standard InChI is InChI=1S/C18H17N7O2S/c1-27-16-10-8-14-21-20-13(25(14)24-16)7-9-15(26)19-18-23-22-17(28-18)11-12-5-3-2-4-6-12/h2-6,8,10H,7,9,11H2,1H3,(H,19,23,26). The Morgan fingerprint density at radius 2 is 1.96 bits per heavy atom. The number of benzene rings is 1. The number of ether oxygens (including phenoxy) is 1. The van der Waals surface area contributed by atoms with Crippen molar-refractivity contribution in [3.63, 3.8) is 0 Å². The van der Waals surface area contributed by atoms with E-state index in [9.17, 15) is 4.79 Å². The lowest BCUT2D eigenvalue weighted by Crippen LogP contribution is -2.13. The summed E-state index contributed by atoms with van der Waals surface area (Å²) in [4.78, 5) is 12.3. The smallest absolute Gasteiger partial charge is 0.231 e. The number of nitrogens with zero attached hydrogens (tertiary/aromatic N) is 6. The Balaban J connectivity index is 1.35. The first-order chi connectivity index (χ1) is 13.7. The molecule has 0 saturated carbocycles. The zero-order valence-electron chi connectivity index (χ0n) is 15.1. The lowest BCUT2D eigenvalue weighted by atomic mass is 10.2. The molecule has 1 N–H and O–H groups in total. The van der Waals surface area contributed by atoms with Gasteiger partial charge in [-0.3, -0.25) is 4.79 Å². The number of rotatable bonds is 7. The second-order valence-corrected chi connectivity index (χ2v) is 7.04. The van der Waals surface area contributed by atoms with Gasteiger partial charge in [-0.1, -0.05) is 41.7 Å². The van der Waals surface area contributed by atoms with E-state index in [1.165, 1.54) is 11.3 Å². The van der Waals surface area contributed by atoms with E-state index in [0.717, 1.165) is 10.6 Å². The summed E-state index contributed by atoms with van der Waals surface area (Å²) in [5.74, 6) is 0.881. The van der Waals surface area contributed by atoms with Crippen molar-refractivity contribution in [2.24, 2.45) is 0 Å². The van der Waals surface area contributed by atoms with Gasteiger partial charge in [-0.15, -0.1) is 25.5 Å². The molecule has 3 heterocycles. The monoisotopic (exact) mass is 395 g/mol. The highest BCUT2D eigenvalue weighted by molar-refractivity contribution is 7.15. The van der Waals surface area contributed by atoms with Gasteiger partial charge in [0.1, 0.15) is 5.01 Å². The summed E-state index contributed by atoms with van der Waals surface area (Å²) in [5.41, 5.74) is 1.75. The summed E-state index contributed by atoms with van der Waals surface area (Å²) in [6, 6.07) is 13.5. The Labute approximate surface area is 164 Å². The third-order valence-corrected chi connectivity index (χ3v) is 4.84. The van der Waals surface area contributed by atoms with Crippen LogP contribution in [0.1, 0.15) is 22.8 Å². The zero-order valence-corrected chi connectivity index (χ0v) is 15.9. The van der Waals surface area contributed by atoms with Gasteiger partial charge in [-0.05, 0) is 11.6 Å². The molecule has 0 unspecified atom stereocenters. The average molecular weight is 395 g/mol. The van der Waals surface area contributed by atoms with Crippen molar-refractivity contribution in [2.75, 3.05) is 12.4 Å². The predicted molar refractivity (Wildman–Crippen MR) is 103 cm³/mol. The van der Waals surface area contributed by atoms with Gasteiger partial charge in [-0.2, -0.15) is 4.52 Å². The van der Waals surface area contributed by atoms with Crippen LogP contribution in [0.3, 0.4) is 0 Å². The normalized spacial score (nSPS) is 10.9. The van der Waals surface area contributed by atoms with Crippen molar-refractivity contribution in [3.8, 4) is 5.88 Å². The van der Waals surface area contributed by atoms with Crippen LogP contribution in [-0.2, 0) is 17.6 Å². The number of hydrogen-bond donors (Lipinski definition) is 1. The number of aromatic nitrogens is 6. The van der Waals surface area contributed by atoms with E-state index in [1.54, 1.807) is 23.8 Å². The average Bonchev–Trinajstić information content (AvgIpc) is 3.33. The van der Waals surface area contributed by atoms with Crippen LogP contribution in [0.2, 0.25) is 0 Å². The first-order valence-electron chi connectivity index (χ1n) is 8.63. The molecule has 28 heavy (non-hydrogen) atoms. The fraction of sp³-hybridized carbons (Fsp3) is 0.222. The Bertz CT molecular complexity index is 1090. The molecule has 0 saturated heterocycles. The second-order valence-electron chi connectivity index (χ2n) is 5.97. The molecule has 142 valence electrons. The van der Waals surface area contributed by atoms with Gasteiger partial charge in [-0.25, -0.2) is 0 Å². The van der Waals surface area contributed by atoms with E-state index in [1.807, 2.05) is 30.3 Å². The first-order valence-corrected chi connectivity index (χ1v) is 9.44. The molecule has 4 rings (SSSR count). The van der Waals surface area contributed by atoms with Gasteiger partial charge in [0.2, 0.25) is 16.9 Å². The lowest BCUT2D eigenvalue weighted by Gasteiger charge is -2.02. The Morgan fingerprint density at radius 1 is 1.11 bits per heavy atom. The maximum absolute atomic E-state index is 12.3. The predicted octanol–water partition coefficient (Wildman–Crippen LogP) is 2.15. The van der Waals surface area contributed by atoms with Crippen LogP contribution in [0, 0.1) is 0 Å². The first kappa shape index (κ1) is 18.0. The summed E-state index contributed by atoms with van der Waals surface area (Å²) >= 11 is 1.37. The van der Waals surface area contributed by atoms with E-state index in [2.05, 4.69) is 30.8 Å². The number of anilines is 1. The molecule has 0 bridgehead atoms. The fourth-order valence-corrected chi connectivity index (χ4v) is 3.42. The summed E-state index contributed by atoms with van der Waals surface area (Å²) < 4.78 is 6.69. The molecule has 0 fully saturated rings. The molecular weight excluding hydrogens is 378 g/mol. The molecule has 1 aromatic carbocycles. The van der Waals surface area contributed by atoms with Crippen molar-refractivity contribution in [2.45, 2.75) is 19.3 Å². The third-order valence-electron chi connectivity index (χ3n) is 4.00. The second kappa shape index (κ2) is 8.09. The Morgan fingerprint density at radius 3 is 2.79 bits per heavy atom. The van der Waals surface area contributed by atoms with Crippen LogP contribution >= 0.6 is 11.3 Å². The minimum atomic E-state index is -0.165. The molecule has 0 aliphatic rings. The van der Waals surface area contributed by atoms with E-state index in [4.69, 9.17) is 4.74 Å². The summed E-state index contributed by atoms with van der Waals surface area (Å²) in [6.07, 6.45) is 1.31. The molecule has 0 atom stereocenters. The molecule has 9 nitrogen and oxygen atoms in total. The SMILES string of the molecule is COc1ccc2nnc(CCC(=O)Nc3nnc(Cc4ccccc4)s3)n2n1. The molecule has 1 amide bonds. The molecule has 0 aliphatic carbocycles. The van der Waals surface area contributed by atoms with Gasteiger partial charge in [0.05, 0.1) is 7.11 Å². The number of hydrogen-bond acceptors (Lipinski definition) is 8. The van der Waals surface area contributed by atoms with Crippen molar-refractivity contribution in [1.29, 1.82) is 0 Å². The van der Waals surface area contributed by atoms with E-state index in [-0.39, 0.29) is 12.3 Å². The molecule has 10 heteroatoms. The van der Waals surface area contributed by atoms with Crippen LogP contribution in [0.25, 0.3) is 5.65 Å². The van der Waals surface area contributed by atoms with Crippen molar-refractivity contribution in [1.82, 2.24) is 30.0 Å². The van der Waals surface area contributed by atoms with Crippen LogP contribution in [0.4, 0.5) is 5.13 Å². The minimum absolute atomic E-state index is 0.165. The van der Waals surface area contributed by atoms with Crippen LogP contribution in [0.5, 0.6) is 5.88 Å².